The van der Waals surface area contributed by atoms with Crippen molar-refractivity contribution in [3.8, 4) is 0 Å². The Morgan fingerprint density at radius 1 is 1.56 bits per heavy atom. The van der Waals surface area contributed by atoms with Crippen LogP contribution in [-0.2, 0) is 11.3 Å². The molecule has 3 heteroatoms. The van der Waals surface area contributed by atoms with Gasteiger partial charge in [-0.3, -0.25) is 4.79 Å². The van der Waals surface area contributed by atoms with Crippen molar-refractivity contribution in [1.82, 2.24) is 4.90 Å². The van der Waals surface area contributed by atoms with Gasteiger partial charge >= 0.3 is 0 Å². The van der Waals surface area contributed by atoms with E-state index in [1.165, 1.54) is 12.1 Å². The molecule has 0 bridgehead atoms. The van der Waals surface area contributed by atoms with Gasteiger partial charge in [0.25, 0.3) is 0 Å². The maximum Gasteiger partial charge on any atom is 0.223 e. The standard InChI is InChI=1S/C13H14FNO/c1-2-10-7-13(16)15(8-10)9-11-4-3-5-12(14)6-11/h2-6,10H,1,7-9H2. The number of carbonyl (C=O) groups is 1. The topological polar surface area (TPSA) is 20.3 Å². The van der Waals surface area contributed by atoms with Crippen molar-refractivity contribution in [2.75, 3.05) is 6.54 Å². The van der Waals surface area contributed by atoms with Crippen LogP contribution in [0.5, 0.6) is 0 Å². The number of amides is 1. The second-order valence-corrected chi connectivity index (χ2v) is 4.10. The average molecular weight is 219 g/mol. The lowest BCUT2D eigenvalue weighted by molar-refractivity contribution is -0.128. The number of halogens is 1. The highest BCUT2D eigenvalue weighted by molar-refractivity contribution is 5.78. The molecule has 1 aliphatic rings. The van der Waals surface area contributed by atoms with Crippen molar-refractivity contribution in [2.45, 2.75) is 13.0 Å². The fourth-order valence-electron chi connectivity index (χ4n) is 1.97. The van der Waals surface area contributed by atoms with Gasteiger partial charge in [-0.1, -0.05) is 18.2 Å². The molecule has 16 heavy (non-hydrogen) atoms. The summed E-state index contributed by atoms with van der Waals surface area (Å²) in [4.78, 5) is 13.4. The lowest BCUT2D eigenvalue weighted by Gasteiger charge is -2.16. The van der Waals surface area contributed by atoms with Crippen LogP contribution in [0.1, 0.15) is 12.0 Å². The zero-order valence-corrected chi connectivity index (χ0v) is 9.03. The highest BCUT2D eigenvalue weighted by Crippen LogP contribution is 2.20. The van der Waals surface area contributed by atoms with Crippen molar-refractivity contribution >= 4 is 5.91 Å². The molecule has 0 aliphatic carbocycles. The quantitative estimate of drug-likeness (QED) is 0.715. The van der Waals surface area contributed by atoms with Crippen molar-refractivity contribution in [2.24, 2.45) is 5.92 Å². The normalized spacial score (nSPS) is 20.2. The van der Waals surface area contributed by atoms with Crippen LogP contribution in [0.4, 0.5) is 4.39 Å². The third-order valence-electron chi connectivity index (χ3n) is 2.84. The minimum atomic E-state index is -0.260. The third-order valence-corrected chi connectivity index (χ3v) is 2.84. The predicted molar refractivity (Wildman–Crippen MR) is 60.1 cm³/mol. The molecule has 1 aromatic rings. The van der Waals surface area contributed by atoms with Crippen LogP contribution in [0.2, 0.25) is 0 Å². The number of hydrogen-bond donors (Lipinski definition) is 0. The second-order valence-electron chi connectivity index (χ2n) is 4.10. The van der Waals surface area contributed by atoms with E-state index in [0.29, 0.717) is 19.5 Å². The Labute approximate surface area is 94.4 Å². The molecule has 1 heterocycles. The van der Waals surface area contributed by atoms with E-state index < -0.39 is 0 Å². The summed E-state index contributed by atoms with van der Waals surface area (Å²) >= 11 is 0. The summed E-state index contributed by atoms with van der Waals surface area (Å²) in [6, 6.07) is 6.37. The van der Waals surface area contributed by atoms with Crippen LogP contribution in [0.3, 0.4) is 0 Å². The van der Waals surface area contributed by atoms with Gasteiger partial charge in [0.2, 0.25) is 5.91 Å². The van der Waals surface area contributed by atoms with Crippen LogP contribution in [-0.4, -0.2) is 17.4 Å². The zero-order chi connectivity index (χ0) is 11.5. The van der Waals surface area contributed by atoms with E-state index in [9.17, 15) is 9.18 Å². The minimum Gasteiger partial charge on any atom is -0.338 e. The summed E-state index contributed by atoms with van der Waals surface area (Å²) in [5.74, 6) is 0.0969. The highest BCUT2D eigenvalue weighted by Gasteiger charge is 2.27. The largest absolute Gasteiger partial charge is 0.338 e. The number of hydrogen-bond acceptors (Lipinski definition) is 1. The molecule has 0 spiro atoms. The average Bonchev–Trinajstić information content (AvgIpc) is 2.60. The fraction of sp³-hybridized carbons (Fsp3) is 0.308. The van der Waals surface area contributed by atoms with Gasteiger partial charge in [-0.25, -0.2) is 4.39 Å². The van der Waals surface area contributed by atoms with E-state index in [-0.39, 0.29) is 17.6 Å². The lowest BCUT2D eigenvalue weighted by atomic mass is 10.1. The zero-order valence-electron chi connectivity index (χ0n) is 9.03. The number of likely N-dealkylation sites (tertiary alicyclic amines) is 1. The number of carbonyl (C=O) groups excluding carboxylic acids is 1. The Kier molecular flexibility index (Phi) is 3.04. The Morgan fingerprint density at radius 2 is 2.38 bits per heavy atom. The molecule has 1 amide bonds. The molecule has 1 unspecified atom stereocenters. The molecule has 1 atom stereocenters. The number of nitrogens with zero attached hydrogens (tertiary/aromatic N) is 1. The van der Waals surface area contributed by atoms with Crippen molar-refractivity contribution < 1.29 is 9.18 Å². The first-order valence-electron chi connectivity index (χ1n) is 5.34. The Balaban J connectivity index is 2.05. The molecule has 1 aliphatic heterocycles. The van der Waals surface area contributed by atoms with Gasteiger partial charge < -0.3 is 4.90 Å². The summed E-state index contributed by atoms with van der Waals surface area (Å²) in [5, 5.41) is 0. The number of benzene rings is 1. The minimum absolute atomic E-state index is 0.120. The van der Waals surface area contributed by atoms with E-state index >= 15 is 0 Å². The summed E-state index contributed by atoms with van der Waals surface area (Å²) in [5.41, 5.74) is 0.832. The van der Waals surface area contributed by atoms with Crippen LogP contribution < -0.4 is 0 Å². The van der Waals surface area contributed by atoms with E-state index in [1.54, 1.807) is 11.0 Å². The Morgan fingerprint density at radius 3 is 3.00 bits per heavy atom. The second kappa shape index (κ2) is 4.47. The van der Waals surface area contributed by atoms with Crippen molar-refractivity contribution in [1.29, 1.82) is 0 Å². The maximum absolute atomic E-state index is 13.0. The molecule has 2 nitrogen and oxygen atoms in total. The van der Waals surface area contributed by atoms with Gasteiger partial charge in [-0.15, -0.1) is 6.58 Å². The summed E-state index contributed by atoms with van der Waals surface area (Å²) in [6.07, 6.45) is 2.34. The first-order chi connectivity index (χ1) is 7.69. The van der Waals surface area contributed by atoms with Gasteiger partial charge in [-0.2, -0.15) is 0 Å². The molecular weight excluding hydrogens is 205 g/mol. The Hall–Kier alpha value is -1.64. The molecule has 1 aromatic carbocycles. The van der Waals surface area contributed by atoms with Crippen LogP contribution in [0, 0.1) is 11.7 Å². The lowest BCUT2D eigenvalue weighted by Crippen LogP contribution is -2.24. The van der Waals surface area contributed by atoms with Crippen molar-refractivity contribution in [3.63, 3.8) is 0 Å². The first-order valence-corrected chi connectivity index (χ1v) is 5.34. The third kappa shape index (κ3) is 2.30. The van der Waals surface area contributed by atoms with Gasteiger partial charge in [0.1, 0.15) is 5.82 Å². The molecule has 0 saturated carbocycles. The van der Waals surface area contributed by atoms with Gasteiger partial charge in [0, 0.05) is 25.4 Å². The fourth-order valence-corrected chi connectivity index (χ4v) is 1.97. The van der Waals surface area contributed by atoms with Crippen molar-refractivity contribution in [3.05, 3.63) is 48.3 Å². The van der Waals surface area contributed by atoms with Crippen LogP contribution in [0.25, 0.3) is 0 Å². The SMILES string of the molecule is C=CC1CC(=O)N(Cc2cccc(F)c2)C1. The van der Waals surface area contributed by atoms with Gasteiger partial charge in [0.05, 0.1) is 0 Å². The molecule has 0 aromatic heterocycles. The van der Waals surface area contributed by atoms with E-state index in [4.69, 9.17) is 0 Å². The molecule has 1 fully saturated rings. The van der Waals surface area contributed by atoms with Gasteiger partial charge in [0.15, 0.2) is 0 Å². The summed E-state index contributed by atoms with van der Waals surface area (Å²) < 4.78 is 13.0. The maximum atomic E-state index is 13.0. The first kappa shape index (κ1) is 10.9. The predicted octanol–water partition coefficient (Wildman–Crippen LogP) is 2.36. The molecule has 2 rings (SSSR count). The molecule has 0 N–H and O–H groups in total. The van der Waals surface area contributed by atoms with E-state index in [1.807, 2.05) is 12.1 Å². The monoisotopic (exact) mass is 219 g/mol. The summed E-state index contributed by atoms with van der Waals surface area (Å²) in [6.45, 7) is 4.87. The Bertz CT molecular complexity index is 416. The van der Waals surface area contributed by atoms with Gasteiger partial charge in [-0.05, 0) is 17.7 Å². The van der Waals surface area contributed by atoms with E-state index in [0.717, 1.165) is 5.56 Å². The highest BCUT2D eigenvalue weighted by atomic mass is 19.1. The summed E-state index contributed by atoms with van der Waals surface area (Å²) in [7, 11) is 0. The van der Waals surface area contributed by atoms with Crippen LogP contribution >= 0.6 is 0 Å². The molecular formula is C13H14FNO. The number of rotatable bonds is 3. The smallest absolute Gasteiger partial charge is 0.223 e. The molecule has 1 saturated heterocycles. The van der Waals surface area contributed by atoms with E-state index in [2.05, 4.69) is 6.58 Å². The molecule has 0 radical (unpaired) electrons. The molecule has 84 valence electrons. The van der Waals surface area contributed by atoms with Crippen LogP contribution in [0.15, 0.2) is 36.9 Å².